The topological polar surface area (TPSA) is 0 Å². The number of halogens is 2. The minimum atomic E-state index is -1.02. The summed E-state index contributed by atoms with van der Waals surface area (Å²) in [7, 11) is -2.04. The molecule has 0 saturated heterocycles. The summed E-state index contributed by atoms with van der Waals surface area (Å²) >= 11 is 14.9. The second-order valence-electron chi connectivity index (χ2n) is 6.52. The Morgan fingerprint density at radius 2 is 0.600 bits per heavy atom. The van der Waals surface area contributed by atoms with Gasteiger partial charge in [0.1, 0.15) is 0 Å². The van der Waals surface area contributed by atoms with Crippen LogP contribution >= 0.6 is 39.0 Å². The molecule has 0 aromatic heterocycles. The molecule has 0 bridgehead atoms. The largest absolute Gasteiger partial charge is 2.00 e. The van der Waals surface area contributed by atoms with Crippen LogP contribution in [0.15, 0.2) is 121 Å². The molecule has 0 N–H and O–H groups in total. The second kappa shape index (κ2) is 10.9. The van der Waals surface area contributed by atoms with Crippen LogP contribution in [0, 0.1) is 0 Å². The van der Waals surface area contributed by atoms with E-state index in [1.165, 1.54) is 21.2 Å². The number of rotatable bonds is 6. The summed E-state index contributed by atoms with van der Waals surface area (Å²) in [5.74, 6) is 0. The third-order valence-corrected chi connectivity index (χ3v) is 12.2. The van der Waals surface area contributed by atoms with Crippen molar-refractivity contribution in [1.82, 2.24) is 0 Å². The fourth-order valence-electron chi connectivity index (χ4n) is 3.33. The Bertz CT molecular complexity index is 866. The van der Waals surface area contributed by atoms with Gasteiger partial charge >= 0.3 is 16.5 Å². The molecule has 0 aliphatic rings. The molecule has 0 saturated carbocycles. The Labute approximate surface area is 201 Å². The normalized spacial score (nSPS) is 11.3. The van der Waals surface area contributed by atoms with Crippen LogP contribution in [-0.4, -0.2) is 3.82 Å². The monoisotopic (exact) mass is 510 g/mol. The minimum absolute atomic E-state index is 0. The van der Waals surface area contributed by atoms with Crippen molar-refractivity contribution >= 4 is 60.3 Å². The van der Waals surface area contributed by atoms with Gasteiger partial charge in [0, 0.05) is 0 Å². The van der Waals surface area contributed by atoms with Crippen molar-refractivity contribution in [2.24, 2.45) is 0 Å². The van der Waals surface area contributed by atoms with Crippen LogP contribution in [-0.2, 0) is 16.5 Å². The third kappa shape index (κ3) is 5.17. The Balaban J connectivity index is 0.00000256. The van der Waals surface area contributed by atoms with E-state index in [-0.39, 0.29) is 16.5 Å². The van der Waals surface area contributed by atoms with Crippen molar-refractivity contribution in [2.45, 2.75) is 3.82 Å². The van der Waals surface area contributed by atoms with E-state index in [1.807, 2.05) is 24.3 Å². The summed E-state index contributed by atoms with van der Waals surface area (Å²) in [6.07, 6.45) is 0. The van der Waals surface area contributed by atoms with Crippen LogP contribution < -0.4 is 21.2 Å². The molecule has 0 atom stereocenters. The molecule has 0 spiro atoms. The van der Waals surface area contributed by atoms with Crippen LogP contribution in [0.1, 0.15) is 0 Å². The number of benzene rings is 4. The van der Waals surface area contributed by atoms with Gasteiger partial charge in [0.05, 0.1) is 0 Å². The molecule has 0 heterocycles. The van der Waals surface area contributed by atoms with Gasteiger partial charge in [0.2, 0.25) is 0 Å². The van der Waals surface area contributed by atoms with E-state index in [2.05, 4.69) is 97.1 Å². The predicted molar refractivity (Wildman–Crippen MR) is 133 cm³/mol. The van der Waals surface area contributed by atoms with Gasteiger partial charge in [-0.1, -0.05) is 145 Å². The first-order chi connectivity index (χ1) is 14.2. The van der Waals surface area contributed by atoms with E-state index >= 15 is 0 Å². The summed E-state index contributed by atoms with van der Waals surface area (Å²) in [4.78, 5) is 0. The van der Waals surface area contributed by atoms with Gasteiger partial charge in [-0.2, -0.15) is 0 Å². The molecule has 0 aliphatic heterocycles. The van der Waals surface area contributed by atoms with Crippen molar-refractivity contribution in [3.05, 3.63) is 121 Å². The van der Waals surface area contributed by atoms with Gasteiger partial charge in [0.25, 0.3) is 0 Å². The molecule has 4 rings (SSSR count). The van der Waals surface area contributed by atoms with E-state index in [9.17, 15) is 0 Å². The minimum Gasteiger partial charge on any atom is -0.0900 e. The zero-order valence-electron chi connectivity index (χ0n) is 16.0. The summed E-state index contributed by atoms with van der Waals surface area (Å²) in [5.41, 5.74) is 0. The Hall–Kier alpha value is -1.19. The maximum Gasteiger partial charge on any atom is 2.00 e. The molecule has 5 heteroatoms. The van der Waals surface area contributed by atoms with E-state index < -0.39 is 19.7 Å². The molecule has 30 heavy (non-hydrogen) atoms. The molecule has 0 unspecified atom stereocenters. The average molecular weight is 512 g/mol. The molecular formula is C25H20Cl2NiP2+2. The maximum absolute atomic E-state index is 7.43. The zero-order valence-corrected chi connectivity index (χ0v) is 20.3. The van der Waals surface area contributed by atoms with Crippen molar-refractivity contribution < 1.29 is 16.5 Å². The van der Waals surface area contributed by atoms with Gasteiger partial charge in [-0.15, -0.1) is 0 Å². The van der Waals surface area contributed by atoms with Crippen LogP contribution in [0.4, 0.5) is 0 Å². The maximum atomic E-state index is 7.43. The molecule has 4 aromatic rings. The SMILES string of the molecule is ClC(Cl)(P(c1ccccc1)c1ccccc1)P(c1ccccc1)c1ccccc1.[Ni+2]. The van der Waals surface area contributed by atoms with Gasteiger partial charge in [-0.3, -0.25) is 0 Å². The molecular weight excluding hydrogens is 492 g/mol. The molecule has 0 amide bonds. The quantitative estimate of drug-likeness (QED) is 0.161. The average Bonchev–Trinajstić information content (AvgIpc) is 2.77. The molecule has 0 radical (unpaired) electrons. The van der Waals surface area contributed by atoms with Crippen LogP contribution in [0.25, 0.3) is 0 Å². The fourth-order valence-corrected chi connectivity index (χ4v) is 11.6. The van der Waals surface area contributed by atoms with Crippen LogP contribution in [0.5, 0.6) is 0 Å². The fraction of sp³-hybridized carbons (Fsp3) is 0.0400. The van der Waals surface area contributed by atoms with Crippen molar-refractivity contribution in [3.63, 3.8) is 0 Å². The predicted octanol–water partition coefficient (Wildman–Crippen LogP) is 6.34. The van der Waals surface area contributed by atoms with Gasteiger partial charge in [-0.05, 0) is 37.1 Å². The first-order valence-corrected chi connectivity index (χ1v) is 12.8. The molecule has 0 nitrogen and oxygen atoms in total. The third-order valence-electron chi connectivity index (χ3n) is 4.60. The smallest absolute Gasteiger partial charge is 0.0900 e. The van der Waals surface area contributed by atoms with Crippen LogP contribution in [0.2, 0.25) is 0 Å². The summed E-state index contributed by atoms with van der Waals surface area (Å²) in [6, 6.07) is 41.7. The summed E-state index contributed by atoms with van der Waals surface area (Å²) < 4.78 is -0.976. The number of alkyl halides is 2. The van der Waals surface area contributed by atoms with Crippen molar-refractivity contribution in [3.8, 4) is 0 Å². The Morgan fingerprint density at radius 1 is 0.400 bits per heavy atom. The molecule has 4 aromatic carbocycles. The molecule has 152 valence electrons. The Kier molecular flexibility index (Phi) is 8.54. The van der Waals surface area contributed by atoms with Gasteiger partial charge < -0.3 is 0 Å². The van der Waals surface area contributed by atoms with Crippen molar-refractivity contribution in [1.29, 1.82) is 0 Å². The molecule has 0 aliphatic carbocycles. The first-order valence-electron chi connectivity index (χ1n) is 9.36. The van der Waals surface area contributed by atoms with E-state index in [0.717, 1.165) is 0 Å². The van der Waals surface area contributed by atoms with Gasteiger partial charge in [0.15, 0.2) is 3.82 Å². The summed E-state index contributed by atoms with van der Waals surface area (Å²) in [5, 5.41) is 4.72. The Morgan fingerprint density at radius 3 is 0.800 bits per heavy atom. The van der Waals surface area contributed by atoms with Crippen LogP contribution in [0.3, 0.4) is 0 Å². The van der Waals surface area contributed by atoms with Gasteiger partial charge in [-0.25, -0.2) is 0 Å². The number of hydrogen-bond acceptors (Lipinski definition) is 0. The first kappa shape index (κ1) is 23.5. The standard InChI is InChI=1S/C25H20Cl2P2.Ni/c26-25(27,28(21-13-5-1-6-14-21)22-15-7-2-8-16-22)29(23-17-9-3-10-18-23)24-19-11-4-12-20-24;/h1-20H;/q;+2. The van der Waals surface area contributed by atoms with E-state index in [1.54, 1.807) is 0 Å². The van der Waals surface area contributed by atoms with E-state index in [0.29, 0.717) is 0 Å². The zero-order chi connectivity index (χ0) is 20.1. The van der Waals surface area contributed by atoms with Crippen molar-refractivity contribution in [2.75, 3.05) is 0 Å². The van der Waals surface area contributed by atoms with E-state index in [4.69, 9.17) is 23.2 Å². The number of hydrogen-bond donors (Lipinski definition) is 0. The summed E-state index contributed by atoms with van der Waals surface area (Å²) in [6.45, 7) is 0. The second-order valence-corrected chi connectivity index (χ2v) is 14.0. The molecule has 0 fully saturated rings.